The fourth-order valence-electron chi connectivity index (χ4n) is 2.25. The van der Waals surface area contributed by atoms with Gasteiger partial charge in [0.05, 0.1) is 5.69 Å². The zero-order valence-corrected chi connectivity index (χ0v) is 10.4. The van der Waals surface area contributed by atoms with Crippen molar-refractivity contribution in [1.82, 2.24) is 4.98 Å². The highest BCUT2D eigenvalue weighted by Crippen LogP contribution is 2.25. The molecule has 0 aliphatic carbocycles. The maximum Gasteiger partial charge on any atom is 0.149 e. The highest BCUT2D eigenvalue weighted by atomic mass is 15.1. The van der Waals surface area contributed by atoms with E-state index in [-0.39, 0.29) is 0 Å². The Labute approximate surface area is 97.7 Å². The van der Waals surface area contributed by atoms with Gasteiger partial charge in [-0.3, -0.25) is 0 Å². The molecule has 0 spiro atoms. The number of aromatic nitrogens is 1. The van der Waals surface area contributed by atoms with Crippen LogP contribution in [0.1, 0.15) is 25.8 Å². The van der Waals surface area contributed by atoms with Crippen LogP contribution in [0.2, 0.25) is 0 Å². The van der Waals surface area contributed by atoms with E-state index in [4.69, 9.17) is 0 Å². The summed E-state index contributed by atoms with van der Waals surface area (Å²) in [5, 5.41) is 6.93. The van der Waals surface area contributed by atoms with Crippen molar-refractivity contribution < 1.29 is 0 Å². The van der Waals surface area contributed by atoms with Crippen molar-refractivity contribution >= 4 is 11.5 Å². The van der Waals surface area contributed by atoms with E-state index in [2.05, 4.69) is 42.5 Å². The van der Waals surface area contributed by atoms with Crippen LogP contribution < -0.4 is 10.6 Å². The zero-order chi connectivity index (χ0) is 11.5. The van der Waals surface area contributed by atoms with Crippen LogP contribution in [-0.4, -0.2) is 18.1 Å². The third-order valence-corrected chi connectivity index (χ3v) is 2.97. The van der Waals surface area contributed by atoms with Gasteiger partial charge < -0.3 is 10.6 Å². The van der Waals surface area contributed by atoms with Crippen LogP contribution in [0.3, 0.4) is 0 Å². The first-order chi connectivity index (χ1) is 7.65. The summed E-state index contributed by atoms with van der Waals surface area (Å²) in [5.74, 6) is 2.44. The summed E-state index contributed by atoms with van der Waals surface area (Å²) in [6, 6.07) is 2.16. The first kappa shape index (κ1) is 11.2. The Balaban J connectivity index is 2.07. The third kappa shape index (κ3) is 2.65. The number of aryl methyl sites for hydroxylation is 1. The van der Waals surface area contributed by atoms with Gasteiger partial charge in [-0.25, -0.2) is 4.98 Å². The molecule has 1 atom stereocenters. The molecule has 0 amide bonds. The molecular weight excluding hydrogens is 198 g/mol. The topological polar surface area (TPSA) is 37.0 Å². The number of anilines is 2. The van der Waals surface area contributed by atoms with E-state index < -0.39 is 0 Å². The fourth-order valence-corrected chi connectivity index (χ4v) is 2.25. The summed E-state index contributed by atoms with van der Waals surface area (Å²) in [6.07, 6.45) is 3.17. The third-order valence-electron chi connectivity index (χ3n) is 2.97. The molecule has 2 heterocycles. The largest absolute Gasteiger partial charge is 0.382 e. The SMILES string of the molecule is Cc1cnc2c(c1)NCC(CC(C)C)CN2. The van der Waals surface area contributed by atoms with Crippen LogP contribution in [0.5, 0.6) is 0 Å². The van der Waals surface area contributed by atoms with Gasteiger partial charge in [0, 0.05) is 19.3 Å². The van der Waals surface area contributed by atoms with Gasteiger partial charge >= 0.3 is 0 Å². The minimum absolute atomic E-state index is 0.689. The molecular formula is C13H21N3. The lowest BCUT2D eigenvalue weighted by Gasteiger charge is -2.16. The Morgan fingerprint density at radius 3 is 2.88 bits per heavy atom. The van der Waals surface area contributed by atoms with Crippen molar-refractivity contribution in [2.24, 2.45) is 11.8 Å². The normalized spacial score (nSPS) is 19.6. The summed E-state index contributed by atoms with van der Waals surface area (Å²) in [6.45, 7) is 8.70. The molecule has 0 saturated heterocycles. The predicted molar refractivity (Wildman–Crippen MR) is 68.9 cm³/mol. The van der Waals surface area contributed by atoms with E-state index in [9.17, 15) is 0 Å². The number of nitrogens with one attached hydrogen (secondary N) is 2. The van der Waals surface area contributed by atoms with Crippen LogP contribution in [-0.2, 0) is 0 Å². The number of fused-ring (bicyclic) bond motifs is 1. The molecule has 3 heteroatoms. The summed E-state index contributed by atoms with van der Waals surface area (Å²) >= 11 is 0. The Hall–Kier alpha value is -1.25. The monoisotopic (exact) mass is 219 g/mol. The van der Waals surface area contributed by atoms with Gasteiger partial charge in [0.25, 0.3) is 0 Å². The van der Waals surface area contributed by atoms with Crippen molar-refractivity contribution in [2.45, 2.75) is 27.2 Å². The van der Waals surface area contributed by atoms with Gasteiger partial charge in [0.1, 0.15) is 5.82 Å². The molecule has 0 saturated carbocycles. The molecule has 2 rings (SSSR count). The maximum absolute atomic E-state index is 4.42. The average molecular weight is 219 g/mol. The molecule has 0 bridgehead atoms. The van der Waals surface area contributed by atoms with Gasteiger partial charge in [-0.15, -0.1) is 0 Å². The smallest absolute Gasteiger partial charge is 0.149 e. The summed E-state index contributed by atoms with van der Waals surface area (Å²) in [4.78, 5) is 4.42. The van der Waals surface area contributed by atoms with Gasteiger partial charge in [0.2, 0.25) is 0 Å². The molecule has 0 fully saturated rings. The number of rotatable bonds is 2. The maximum atomic E-state index is 4.42. The lowest BCUT2D eigenvalue weighted by atomic mass is 9.97. The molecule has 2 N–H and O–H groups in total. The lowest BCUT2D eigenvalue weighted by molar-refractivity contribution is 0.444. The van der Waals surface area contributed by atoms with E-state index >= 15 is 0 Å². The van der Waals surface area contributed by atoms with Gasteiger partial charge in [-0.05, 0) is 36.8 Å². The molecule has 0 aromatic carbocycles. The van der Waals surface area contributed by atoms with Crippen molar-refractivity contribution in [3.63, 3.8) is 0 Å². The minimum Gasteiger partial charge on any atom is -0.382 e. The van der Waals surface area contributed by atoms with Crippen LogP contribution in [0.25, 0.3) is 0 Å². The van der Waals surface area contributed by atoms with E-state index in [1.54, 1.807) is 0 Å². The Morgan fingerprint density at radius 1 is 1.38 bits per heavy atom. The van der Waals surface area contributed by atoms with Gasteiger partial charge in [0.15, 0.2) is 0 Å². The van der Waals surface area contributed by atoms with E-state index in [1.807, 2.05) is 6.20 Å². The Bertz CT molecular complexity index is 360. The lowest BCUT2D eigenvalue weighted by Crippen LogP contribution is -2.20. The first-order valence-corrected chi connectivity index (χ1v) is 6.09. The van der Waals surface area contributed by atoms with Crippen molar-refractivity contribution in [3.05, 3.63) is 17.8 Å². The van der Waals surface area contributed by atoms with Gasteiger partial charge in [-0.2, -0.15) is 0 Å². The summed E-state index contributed by atoms with van der Waals surface area (Å²) in [7, 11) is 0. The number of pyridine rings is 1. The van der Waals surface area contributed by atoms with Gasteiger partial charge in [-0.1, -0.05) is 13.8 Å². The summed E-state index contributed by atoms with van der Waals surface area (Å²) < 4.78 is 0. The molecule has 1 unspecified atom stereocenters. The predicted octanol–water partition coefficient (Wildman–Crippen LogP) is 2.89. The average Bonchev–Trinajstić information content (AvgIpc) is 2.40. The van der Waals surface area contributed by atoms with Crippen LogP contribution in [0.15, 0.2) is 12.3 Å². The second-order valence-electron chi connectivity index (χ2n) is 5.17. The Morgan fingerprint density at radius 2 is 2.12 bits per heavy atom. The van der Waals surface area contributed by atoms with Crippen molar-refractivity contribution in [2.75, 3.05) is 23.7 Å². The number of nitrogens with zero attached hydrogens (tertiary/aromatic N) is 1. The van der Waals surface area contributed by atoms with Crippen LogP contribution in [0.4, 0.5) is 11.5 Å². The molecule has 0 radical (unpaired) electrons. The molecule has 16 heavy (non-hydrogen) atoms. The second kappa shape index (κ2) is 4.73. The van der Waals surface area contributed by atoms with E-state index in [0.29, 0.717) is 5.92 Å². The van der Waals surface area contributed by atoms with Crippen molar-refractivity contribution in [3.8, 4) is 0 Å². The Kier molecular flexibility index (Phi) is 3.32. The molecule has 3 nitrogen and oxygen atoms in total. The second-order valence-corrected chi connectivity index (χ2v) is 5.17. The highest BCUT2D eigenvalue weighted by Gasteiger charge is 2.16. The molecule has 1 aliphatic heterocycles. The number of hydrogen-bond acceptors (Lipinski definition) is 3. The quantitative estimate of drug-likeness (QED) is 0.803. The molecule has 1 aliphatic rings. The van der Waals surface area contributed by atoms with Crippen LogP contribution >= 0.6 is 0 Å². The molecule has 88 valence electrons. The summed E-state index contributed by atoms with van der Waals surface area (Å²) in [5.41, 5.74) is 2.35. The van der Waals surface area contributed by atoms with E-state index in [0.717, 1.165) is 30.5 Å². The van der Waals surface area contributed by atoms with Crippen molar-refractivity contribution in [1.29, 1.82) is 0 Å². The zero-order valence-electron chi connectivity index (χ0n) is 10.4. The standard InChI is InChI=1S/C13H21N3/c1-9(2)4-11-7-14-12-5-10(3)6-15-13(12)16-8-11/h5-6,9,11,14H,4,7-8H2,1-3H3,(H,15,16). The minimum atomic E-state index is 0.689. The highest BCUT2D eigenvalue weighted by molar-refractivity contribution is 5.65. The fraction of sp³-hybridized carbons (Fsp3) is 0.615. The van der Waals surface area contributed by atoms with E-state index in [1.165, 1.54) is 12.0 Å². The molecule has 1 aromatic heterocycles. The molecule has 1 aromatic rings. The number of hydrogen-bond donors (Lipinski definition) is 2. The first-order valence-electron chi connectivity index (χ1n) is 6.09. The van der Waals surface area contributed by atoms with Crippen LogP contribution in [0, 0.1) is 18.8 Å².